The van der Waals surface area contributed by atoms with Crippen molar-refractivity contribution in [2.24, 2.45) is 0 Å². The Balaban J connectivity index is 1.87. The Morgan fingerprint density at radius 3 is 2.91 bits per heavy atom. The number of nitrogens with zero attached hydrogens (tertiary/aromatic N) is 2. The Morgan fingerprint density at radius 2 is 2.22 bits per heavy atom. The number of aryl methyl sites for hydroxylation is 2. The maximum Gasteiger partial charge on any atom is 0.306 e. The summed E-state index contributed by atoms with van der Waals surface area (Å²) in [4.78, 5) is 11.5. The molecular formula is C25H25FN2O4. The van der Waals surface area contributed by atoms with Gasteiger partial charge in [-0.2, -0.15) is 5.26 Å². The predicted octanol–water partition coefficient (Wildman–Crippen LogP) is 5.04. The van der Waals surface area contributed by atoms with E-state index in [1.807, 2.05) is 6.92 Å². The summed E-state index contributed by atoms with van der Waals surface area (Å²) in [5.74, 6) is -0.696. The molecule has 0 aliphatic carbocycles. The summed E-state index contributed by atoms with van der Waals surface area (Å²) in [6.07, 6.45) is 0.775. The average Bonchev–Trinajstić information content (AvgIpc) is 3.09. The highest BCUT2D eigenvalue weighted by molar-refractivity contribution is 5.95. The van der Waals surface area contributed by atoms with Gasteiger partial charge < -0.3 is 19.1 Å². The third kappa shape index (κ3) is 3.94. The molecule has 1 atom stereocenters. The van der Waals surface area contributed by atoms with Crippen LogP contribution < -0.4 is 4.74 Å². The van der Waals surface area contributed by atoms with Crippen LogP contribution in [0.3, 0.4) is 0 Å². The van der Waals surface area contributed by atoms with Gasteiger partial charge in [0.2, 0.25) is 0 Å². The van der Waals surface area contributed by atoms with Crippen LogP contribution in [0.4, 0.5) is 4.39 Å². The fourth-order valence-corrected chi connectivity index (χ4v) is 4.60. The first-order valence-electron chi connectivity index (χ1n) is 10.7. The van der Waals surface area contributed by atoms with E-state index in [9.17, 15) is 19.6 Å². The van der Waals surface area contributed by atoms with Crippen LogP contribution in [-0.2, 0) is 29.1 Å². The number of hydrogen-bond donors (Lipinski definition) is 1. The van der Waals surface area contributed by atoms with Crippen molar-refractivity contribution in [3.8, 4) is 11.8 Å². The van der Waals surface area contributed by atoms with Crippen LogP contribution in [0.5, 0.6) is 5.75 Å². The van der Waals surface area contributed by atoms with Crippen molar-refractivity contribution in [1.82, 2.24) is 4.57 Å². The highest BCUT2D eigenvalue weighted by Crippen LogP contribution is 2.42. The maximum absolute atomic E-state index is 13.5. The molecule has 1 aromatic heterocycles. The molecule has 0 spiro atoms. The number of rotatable bonds is 7. The number of carboxylic acids is 1. The van der Waals surface area contributed by atoms with E-state index < -0.39 is 12.1 Å². The first-order valence-corrected chi connectivity index (χ1v) is 10.7. The summed E-state index contributed by atoms with van der Waals surface area (Å²) in [7, 11) is 0. The topological polar surface area (TPSA) is 84.5 Å². The molecule has 32 heavy (non-hydrogen) atoms. The van der Waals surface area contributed by atoms with E-state index in [-0.39, 0.29) is 18.8 Å². The molecule has 3 aromatic rings. The lowest BCUT2D eigenvalue weighted by molar-refractivity contribution is -0.140. The van der Waals surface area contributed by atoms with Crippen LogP contribution >= 0.6 is 0 Å². The van der Waals surface area contributed by atoms with Gasteiger partial charge in [0.1, 0.15) is 24.3 Å². The Bertz CT molecular complexity index is 1230. The van der Waals surface area contributed by atoms with Crippen molar-refractivity contribution >= 4 is 16.9 Å². The Morgan fingerprint density at radius 1 is 1.41 bits per heavy atom. The lowest BCUT2D eigenvalue weighted by atomic mass is 9.96. The zero-order valence-corrected chi connectivity index (χ0v) is 18.2. The van der Waals surface area contributed by atoms with Crippen molar-refractivity contribution in [2.75, 3.05) is 6.61 Å². The number of benzene rings is 2. The number of hydrogen-bond acceptors (Lipinski definition) is 4. The SMILES string of the molecule is CCCn1c2c(c3c(C#N)cc(OCc4cccc(F)c4)c(C)c31)CCOC2CC(=O)O. The first kappa shape index (κ1) is 21.8. The van der Waals surface area contributed by atoms with E-state index in [1.165, 1.54) is 12.1 Å². The minimum Gasteiger partial charge on any atom is -0.489 e. The number of aromatic nitrogens is 1. The van der Waals surface area contributed by atoms with Gasteiger partial charge in [0, 0.05) is 17.5 Å². The van der Waals surface area contributed by atoms with Gasteiger partial charge in [-0.15, -0.1) is 0 Å². The standard InChI is InChI=1S/C25H25FN2O4/c1-3-8-28-24-15(2)20(32-14-16-5-4-6-18(26)10-16)11-17(13-27)23(24)19-7-9-31-21(25(19)28)12-22(29)30/h4-6,10-11,21H,3,7-9,12,14H2,1-2H3,(H,29,30). The van der Waals surface area contributed by atoms with E-state index in [4.69, 9.17) is 9.47 Å². The summed E-state index contributed by atoms with van der Waals surface area (Å²) in [6, 6.07) is 10.2. The van der Waals surface area contributed by atoms with Gasteiger partial charge >= 0.3 is 5.97 Å². The minimum absolute atomic E-state index is 0.128. The lowest BCUT2D eigenvalue weighted by Crippen LogP contribution is -2.21. The molecule has 0 saturated heterocycles. The van der Waals surface area contributed by atoms with Gasteiger partial charge in [0.15, 0.2) is 0 Å². The number of fused-ring (bicyclic) bond motifs is 3. The number of halogens is 1. The van der Waals surface area contributed by atoms with Crippen LogP contribution in [0.1, 0.15) is 53.8 Å². The minimum atomic E-state index is -0.924. The van der Waals surface area contributed by atoms with Gasteiger partial charge in [-0.3, -0.25) is 4.79 Å². The summed E-state index contributed by atoms with van der Waals surface area (Å²) in [5.41, 5.74) is 4.76. The molecule has 166 valence electrons. The molecule has 2 aromatic carbocycles. The quantitative estimate of drug-likeness (QED) is 0.561. The second-order valence-electron chi connectivity index (χ2n) is 8.02. The normalized spacial score (nSPS) is 15.4. The molecular weight excluding hydrogens is 411 g/mol. The fraction of sp³-hybridized carbons (Fsp3) is 0.360. The molecule has 6 nitrogen and oxygen atoms in total. The van der Waals surface area contributed by atoms with Crippen molar-refractivity contribution in [3.63, 3.8) is 0 Å². The second-order valence-corrected chi connectivity index (χ2v) is 8.02. The number of aliphatic carboxylic acids is 1. The van der Waals surface area contributed by atoms with Gasteiger partial charge in [0.25, 0.3) is 0 Å². The van der Waals surface area contributed by atoms with Gasteiger partial charge in [-0.05, 0) is 49.1 Å². The van der Waals surface area contributed by atoms with E-state index >= 15 is 0 Å². The van der Waals surface area contributed by atoms with Crippen molar-refractivity contribution < 1.29 is 23.8 Å². The average molecular weight is 436 g/mol. The molecule has 2 heterocycles. The Labute approximate surface area is 185 Å². The third-order valence-corrected chi connectivity index (χ3v) is 5.87. The maximum atomic E-state index is 13.5. The summed E-state index contributed by atoms with van der Waals surface area (Å²) in [6.45, 7) is 5.25. The molecule has 1 aliphatic heterocycles. The molecule has 0 bridgehead atoms. The van der Waals surface area contributed by atoms with Crippen molar-refractivity contribution in [1.29, 1.82) is 5.26 Å². The van der Waals surface area contributed by atoms with Crippen LogP contribution in [0.25, 0.3) is 10.9 Å². The molecule has 1 aliphatic rings. The zero-order chi connectivity index (χ0) is 22.8. The summed E-state index contributed by atoms with van der Waals surface area (Å²) in [5, 5.41) is 20.2. The molecule has 7 heteroatoms. The number of carboxylic acid groups (broad SMARTS) is 1. The first-order chi connectivity index (χ1) is 15.4. The van der Waals surface area contributed by atoms with E-state index in [2.05, 4.69) is 17.6 Å². The molecule has 0 radical (unpaired) electrons. The number of ether oxygens (including phenoxy) is 2. The van der Waals surface area contributed by atoms with E-state index in [0.29, 0.717) is 36.4 Å². The van der Waals surface area contributed by atoms with Crippen molar-refractivity contribution in [3.05, 3.63) is 64.1 Å². The molecule has 0 saturated carbocycles. The lowest BCUT2D eigenvalue weighted by Gasteiger charge is -2.25. The van der Waals surface area contributed by atoms with E-state index in [0.717, 1.165) is 34.1 Å². The zero-order valence-electron chi connectivity index (χ0n) is 18.2. The second kappa shape index (κ2) is 9.01. The molecule has 1 N–H and O–H groups in total. The van der Waals surface area contributed by atoms with Crippen molar-refractivity contribution in [2.45, 2.75) is 52.4 Å². The summed E-state index contributed by atoms with van der Waals surface area (Å²) >= 11 is 0. The Hall–Kier alpha value is -3.37. The third-order valence-electron chi connectivity index (χ3n) is 5.87. The van der Waals surface area contributed by atoms with Crippen LogP contribution in [-0.4, -0.2) is 22.2 Å². The van der Waals surface area contributed by atoms with Gasteiger partial charge in [-0.25, -0.2) is 4.39 Å². The molecule has 4 rings (SSSR count). The molecule has 0 fully saturated rings. The fourth-order valence-electron chi connectivity index (χ4n) is 4.60. The van der Waals surface area contributed by atoms with E-state index in [1.54, 1.807) is 18.2 Å². The monoisotopic (exact) mass is 436 g/mol. The molecule has 1 unspecified atom stereocenters. The number of carbonyl (C=O) groups is 1. The number of nitriles is 1. The summed E-state index contributed by atoms with van der Waals surface area (Å²) < 4.78 is 27.5. The predicted molar refractivity (Wildman–Crippen MR) is 117 cm³/mol. The largest absolute Gasteiger partial charge is 0.489 e. The highest BCUT2D eigenvalue weighted by Gasteiger charge is 2.32. The van der Waals surface area contributed by atoms with Gasteiger partial charge in [0.05, 0.1) is 35.9 Å². The smallest absolute Gasteiger partial charge is 0.306 e. The van der Waals surface area contributed by atoms with Crippen LogP contribution in [0, 0.1) is 24.1 Å². The van der Waals surface area contributed by atoms with Crippen LogP contribution in [0.2, 0.25) is 0 Å². The highest BCUT2D eigenvalue weighted by atomic mass is 19.1. The van der Waals surface area contributed by atoms with Gasteiger partial charge in [-0.1, -0.05) is 19.1 Å². The molecule has 0 amide bonds. The Kier molecular flexibility index (Phi) is 6.15. The van der Waals surface area contributed by atoms with Crippen LogP contribution in [0.15, 0.2) is 30.3 Å².